The van der Waals surface area contributed by atoms with Gasteiger partial charge in [-0.05, 0) is 50.0 Å². The summed E-state index contributed by atoms with van der Waals surface area (Å²) in [6.45, 7) is 5.65. The van der Waals surface area contributed by atoms with E-state index < -0.39 is 0 Å². The van der Waals surface area contributed by atoms with Crippen molar-refractivity contribution in [3.05, 3.63) is 59.5 Å². The van der Waals surface area contributed by atoms with E-state index >= 15 is 0 Å². The minimum atomic E-state index is -0.258. The van der Waals surface area contributed by atoms with Gasteiger partial charge in [0, 0.05) is 25.0 Å². The molecule has 0 bridgehead atoms. The number of piperidine rings is 1. The molecule has 7 heteroatoms. The fourth-order valence-electron chi connectivity index (χ4n) is 3.63. The molecular weight excluding hydrogens is 352 g/mol. The number of likely N-dealkylation sites (tertiary alicyclic amines) is 1. The molecule has 0 radical (unpaired) electrons. The number of nitrogens with zero attached hydrogens (tertiary/aromatic N) is 4. The molecule has 1 aliphatic heterocycles. The van der Waals surface area contributed by atoms with Crippen molar-refractivity contribution in [1.29, 1.82) is 0 Å². The van der Waals surface area contributed by atoms with Gasteiger partial charge < -0.3 is 10.6 Å². The zero-order valence-corrected chi connectivity index (χ0v) is 16.2. The number of hydrogen-bond donors (Lipinski definition) is 2. The second kappa shape index (κ2) is 8.39. The lowest BCUT2D eigenvalue weighted by atomic mass is 10.0. The highest BCUT2D eigenvalue weighted by atomic mass is 16.2. The summed E-state index contributed by atoms with van der Waals surface area (Å²) < 4.78 is 1.65. The van der Waals surface area contributed by atoms with Crippen LogP contribution in [0.25, 0.3) is 5.65 Å². The third-order valence-corrected chi connectivity index (χ3v) is 5.16. The van der Waals surface area contributed by atoms with E-state index in [9.17, 15) is 4.79 Å². The number of rotatable bonds is 5. The lowest BCUT2D eigenvalue weighted by Gasteiger charge is -2.27. The third kappa shape index (κ3) is 4.31. The van der Waals surface area contributed by atoms with E-state index in [1.54, 1.807) is 10.7 Å². The molecule has 4 rings (SSSR count). The Hall–Kier alpha value is -2.93. The van der Waals surface area contributed by atoms with Crippen molar-refractivity contribution in [3.63, 3.8) is 0 Å². The van der Waals surface area contributed by atoms with Gasteiger partial charge in [-0.3, -0.25) is 4.90 Å². The van der Waals surface area contributed by atoms with Gasteiger partial charge in [0.25, 0.3) is 0 Å². The van der Waals surface area contributed by atoms with Gasteiger partial charge >= 0.3 is 6.03 Å². The standard InChI is InChI=1S/C21H26N6O/c1-16-9-12-27-20(24-16)19(14-23-27)25-21(28)22-13-17-7-3-4-8-18(17)15-26-10-5-2-6-11-26/h3-4,7-9,12,14H,2,5-6,10-11,13,15H2,1H3,(H2,22,25,28). The number of carbonyl (C=O) groups is 1. The van der Waals surface area contributed by atoms with Gasteiger partial charge in [0.1, 0.15) is 5.69 Å². The number of aromatic nitrogens is 3. The predicted molar refractivity (Wildman–Crippen MR) is 109 cm³/mol. The maximum absolute atomic E-state index is 12.4. The normalized spacial score (nSPS) is 14.9. The highest BCUT2D eigenvalue weighted by Gasteiger charge is 2.13. The highest BCUT2D eigenvalue weighted by Crippen LogP contribution is 2.17. The monoisotopic (exact) mass is 378 g/mol. The topological polar surface area (TPSA) is 74.6 Å². The Morgan fingerprint density at radius 3 is 2.71 bits per heavy atom. The molecule has 0 spiro atoms. The van der Waals surface area contributed by atoms with Crippen LogP contribution in [-0.2, 0) is 13.1 Å². The Kier molecular flexibility index (Phi) is 5.53. The zero-order chi connectivity index (χ0) is 19.3. The molecular formula is C21H26N6O. The van der Waals surface area contributed by atoms with Crippen LogP contribution in [0.3, 0.4) is 0 Å². The largest absolute Gasteiger partial charge is 0.334 e. The van der Waals surface area contributed by atoms with Gasteiger partial charge in [-0.2, -0.15) is 5.10 Å². The molecule has 0 atom stereocenters. The van der Waals surface area contributed by atoms with Crippen LogP contribution in [0.2, 0.25) is 0 Å². The number of anilines is 1. The van der Waals surface area contributed by atoms with Crippen molar-refractivity contribution in [3.8, 4) is 0 Å². The van der Waals surface area contributed by atoms with E-state index in [2.05, 4.69) is 43.8 Å². The summed E-state index contributed by atoms with van der Waals surface area (Å²) in [5.74, 6) is 0. The van der Waals surface area contributed by atoms with Gasteiger partial charge in [0.15, 0.2) is 5.65 Å². The second-order valence-electron chi connectivity index (χ2n) is 7.31. The van der Waals surface area contributed by atoms with Crippen LogP contribution in [0.15, 0.2) is 42.7 Å². The summed E-state index contributed by atoms with van der Waals surface area (Å²) in [6, 6.07) is 9.94. The van der Waals surface area contributed by atoms with Crippen molar-refractivity contribution < 1.29 is 4.79 Å². The Bertz CT molecular complexity index is 960. The van der Waals surface area contributed by atoms with Crippen LogP contribution in [-0.4, -0.2) is 38.6 Å². The number of urea groups is 1. The molecule has 28 heavy (non-hydrogen) atoms. The van der Waals surface area contributed by atoms with E-state index in [-0.39, 0.29) is 6.03 Å². The average molecular weight is 378 g/mol. The molecule has 1 aliphatic rings. The van der Waals surface area contributed by atoms with Crippen LogP contribution < -0.4 is 10.6 Å². The van der Waals surface area contributed by atoms with E-state index in [0.717, 1.165) is 30.9 Å². The quantitative estimate of drug-likeness (QED) is 0.714. The van der Waals surface area contributed by atoms with Gasteiger partial charge in [0.05, 0.1) is 6.20 Å². The summed E-state index contributed by atoms with van der Waals surface area (Å²) in [7, 11) is 0. The predicted octanol–water partition coefficient (Wildman–Crippen LogP) is 3.35. The Labute approximate surface area is 164 Å². The number of hydrogen-bond acceptors (Lipinski definition) is 4. The molecule has 1 fully saturated rings. The Morgan fingerprint density at radius 1 is 1.11 bits per heavy atom. The number of nitrogens with one attached hydrogen (secondary N) is 2. The number of fused-ring (bicyclic) bond motifs is 1. The summed E-state index contributed by atoms with van der Waals surface area (Å²) >= 11 is 0. The third-order valence-electron chi connectivity index (χ3n) is 5.16. The molecule has 3 aromatic rings. The maximum Gasteiger partial charge on any atom is 0.319 e. The first kappa shape index (κ1) is 18.4. The lowest BCUT2D eigenvalue weighted by molar-refractivity contribution is 0.220. The van der Waals surface area contributed by atoms with Crippen molar-refractivity contribution in [2.75, 3.05) is 18.4 Å². The highest BCUT2D eigenvalue weighted by molar-refractivity contribution is 5.92. The average Bonchev–Trinajstić information content (AvgIpc) is 3.10. The molecule has 1 aromatic carbocycles. The first-order chi connectivity index (χ1) is 13.7. The first-order valence-corrected chi connectivity index (χ1v) is 9.84. The molecule has 2 N–H and O–H groups in total. The minimum Gasteiger partial charge on any atom is -0.334 e. The fraction of sp³-hybridized carbons (Fsp3) is 0.381. The lowest BCUT2D eigenvalue weighted by Crippen LogP contribution is -2.31. The van der Waals surface area contributed by atoms with Crippen molar-refractivity contribution >= 4 is 17.4 Å². The molecule has 0 unspecified atom stereocenters. The van der Waals surface area contributed by atoms with E-state index in [1.807, 2.05) is 25.3 Å². The minimum absolute atomic E-state index is 0.258. The van der Waals surface area contributed by atoms with Crippen LogP contribution >= 0.6 is 0 Å². The molecule has 2 aromatic heterocycles. The zero-order valence-electron chi connectivity index (χ0n) is 16.2. The number of carbonyl (C=O) groups excluding carboxylic acids is 1. The molecule has 0 aliphatic carbocycles. The number of benzene rings is 1. The second-order valence-corrected chi connectivity index (χ2v) is 7.31. The molecule has 7 nitrogen and oxygen atoms in total. The number of aryl methyl sites for hydroxylation is 1. The van der Waals surface area contributed by atoms with E-state index in [1.165, 1.54) is 24.8 Å². The van der Waals surface area contributed by atoms with Crippen LogP contribution in [0.4, 0.5) is 10.5 Å². The van der Waals surface area contributed by atoms with Crippen LogP contribution in [0, 0.1) is 6.92 Å². The molecule has 2 amide bonds. The van der Waals surface area contributed by atoms with Crippen molar-refractivity contribution in [2.45, 2.75) is 39.3 Å². The smallest absolute Gasteiger partial charge is 0.319 e. The first-order valence-electron chi connectivity index (χ1n) is 9.84. The SMILES string of the molecule is Cc1ccn2ncc(NC(=O)NCc3ccccc3CN3CCCCC3)c2n1. The number of amides is 2. The summed E-state index contributed by atoms with van der Waals surface area (Å²) in [5, 5.41) is 10.0. The van der Waals surface area contributed by atoms with Crippen LogP contribution in [0.1, 0.15) is 36.1 Å². The fourth-order valence-corrected chi connectivity index (χ4v) is 3.63. The van der Waals surface area contributed by atoms with Crippen molar-refractivity contribution in [1.82, 2.24) is 24.8 Å². The van der Waals surface area contributed by atoms with Crippen molar-refractivity contribution in [2.24, 2.45) is 0 Å². The molecule has 1 saturated heterocycles. The molecule has 3 heterocycles. The van der Waals surface area contributed by atoms with Gasteiger partial charge in [0.2, 0.25) is 0 Å². The van der Waals surface area contributed by atoms with Gasteiger partial charge in [-0.1, -0.05) is 30.7 Å². The molecule has 0 saturated carbocycles. The maximum atomic E-state index is 12.4. The van der Waals surface area contributed by atoms with E-state index in [0.29, 0.717) is 17.9 Å². The summed E-state index contributed by atoms with van der Waals surface area (Å²) in [6.07, 6.45) is 7.33. The van der Waals surface area contributed by atoms with Gasteiger partial charge in [-0.15, -0.1) is 0 Å². The Morgan fingerprint density at radius 2 is 1.89 bits per heavy atom. The van der Waals surface area contributed by atoms with E-state index in [4.69, 9.17) is 0 Å². The Balaban J connectivity index is 1.38. The summed E-state index contributed by atoms with van der Waals surface area (Å²) in [4.78, 5) is 19.4. The van der Waals surface area contributed by atoms with Crippen LogP contribution in [0.5, 0.6) is 0 Å². The van der Waals surface area contributed by atoms with Gasteiger partial charge in [-0.25, -0.2) is 14.3 Å². The summed E-state index contributed by atoms with van der Waals surface area (Å²) in [5.41, 5.74) is 4.54. The molecule has 146 valence electrons.